The Morgan fingerprint density at radius 2 is 1.70 bits per heavy atom. The van der Waals surface area contributed by atoms with Crippen molar-refractivity contribution in [2.75, 3.05) is 32.7 Å². The zero-order chi connectivity index (χ0) is 18.5. The van der Waals surface area contributed by atoms with Crippen LogP contribution in [-0.4, -0.2) is 53.4 Å². The Morgan fingerprint density at radius 1 is 0.963 bits per heavy atom. The molecule has 1 aliphatic rings. The quantitative estimate of drug-likeness (QED) is 0.756. The summed E-state index contributed by atoms with van der Waals surface area (Å²) in [5.74, 6) is 0.222. The van der Waals surface area contributed by atoms with E-state index >= 15 is 0 Å². The van der Waals surface area contributed by atoms with Crippen LogP contribution in [0.4, 0.5) is 0 Å². The SMILES string of the molecule is O=C(Cc1c[nH]c2ccccc12)N1CCN(CC=Cc2ccccc2)CC1. The van der Waals surface area contributed by atoms with Gasteiger partial charge in [0.15, 0.2) is 0 Å². The number of para-hydroxylation sites is 1. The van der Waals surface area contributed by atoms with Crippen LogP contribution in [0.2, 0.25) is 0 Å². The summed E-state index contributed by atoms with van der Waals surface area (Å²) in [6.45, 7) is 4.40. The van der Waals surface area contributed by atoms with Crippen molar-refractivity contribution in [1.29, 1.82) is 0 Å². The average molecular weight is 359 g/mol. The number of nitrogens with one attached hydrogen (secondary N) is 1. The summed E-state index contributed by atoms with van der Waals surface area (Å²) in [5.41, 5.74) is 3.41. The molecule has 0 atom stereocenters. The van der Waals surface area contributed by atoms with Crippen LogP contribution in [-0.2, 0) is 11.2 Å². The van der Waals surface area contributed by atoms with Crippen molar-refractivity contribution in [3.05, 3.63) is 78.0 Å². The number of aromatic nitrogens is 1. The van der Waals surface area contributed by atoms with Crippen LogP contribution in [0.25, 0.3) is 17.0 Å². The third-order valence-corrected chi connectivity index (χ3v) is 5.22. The number of aromatic amines is 1. The minimum absolute atomic E-state index is 0.222. The molecule has 1 fully saturated rings. The number of amides is 1. The molecule has 1 amide bonds. The van der Waals surface area contributed by atoms with E-state index in [1.165, 1.54) is 5.56 Å². The lowest BCUT2D eigenvalue weighted by molar-refractivity contribution is -0.132. The first kappa shape index (κ1) is 17.6. The van der Waals surface area contributed by atoms with Crippen LogP contribution in [0.3, 0.4) is 0 Å². The molecule has 138 valence electrons. The summed E-state index contributed by atoms with van der Waals surface area (Å²) in [5, 5.41) is 1.15. The average Bonchev–Trinajstić information content (AvgIpc) is 3.12. The number of carbonyl (C=O) groups excluding carboxylic acids is 1. The lowest BCUT2D eigenvalue weighted by Crippen LogP contribution is -2.49. The highest BCUT2D eigenvalue weighted by atomic mass is 16.2. The van der Waals surface area contributed by atoms with Crippen LogP contribution in [0.1, 0.15) is 11.1 Å². The highest BCUT2D eigenvalue weighted by molar-refractivity contribution is 5.88. The molecule has 1 saturated heterocycles. The van der Waals surface area contributed by atoms with E-state index in [0.717, 1.165) is 49.2 Å². The van der Waals surface area contributed by atoms with E-state index in [1.54, 1.807) is 0 Å². The van der Waals surface area contributed by atoms with Gasteiger partial charge >= 0.3 is 0 Å². The van der Waals surface area contributed by atoms with Gasteiger partial charge in [0, 0.05) is 49.8 Å². The molecule has 0 bridgehead atoms. The normalized spacial score (nSPS) is 15.6. The maximum Gasteiger partial charge on any atom is 0.227 e. The van der Waals surface area contributed by atoms with E-state index in [4.69, 9.17) is 0 Å². The number of H-pyrrole nitrogens is 1. The van der Waals surface area contributed by atoms with Gasteiger partial charge in [-0.2, -0.15) is 0 Å². The lowest BCUT2D eigenvalue weighted by Gasteiger charge is -2.34. The van der Waals surface area contributed by atoms with Crippen LogP contribution in [0.15, 0.2) is 66.9 Å². The van der Waals surface area contributed by atoms with E-state index in [0.29, 0.717) is 6.42 Å². The number of hydrogen-bond donors (Lipinski definition) is 1. The van der Waals surface area contributed by atoms with Crippen molar-refractivity contribution in [2.45, 2.75) is 6.42 Å². The Labute approximate surface area is 160 Å². The molecule has 0 saturated carbocycles. The van der Waals surface area contributed by atoms with E-state index in [2.05, 4.69) is 52.4 Å². The number of piperazine rings is 1. The van der Waals surface area contributed by atoms with Gasteiger partial charge in [-0.05, 0) is 17.2 Å². The van der Waals surface area contributed by atoms with Gasteiger partial charge in [-0.15, -0.1) is 0 Å². The first-order chi connectivity index (χ1) is 13.3. The third-order valence-electron chi connectivity index (χ3n) is 5.22. The fourth-order valence-electron chi connectivity index (χ4n) is 3.63. The standard InChI is InChI=1S/C23H25N3O/c27-23(17-20-18-24-22-11-5-4-10-21(20)22)26-15-13-25(14-16-26)12-6-9-19-7-2-1-3-8-19/h1-11,18,24H,12-17H2. The number of rotatable bonds is 5. The Kier molecular flexibility index (Phi) is 5.35. The van der Waals surface area contributed by atoms with Crippen molar-refractivity contribution >= 4 is 22.9 Å². The largest absolute Gasteiger partial charge is 0.361 e. The fourth-order valence-corrected chi connectivity index (χ4v) is 3.63. The lowest BCUT2D eigenvalue weighted by atomic mass is 10.1. The molecule has 1 aliphatic heterocycles. The molecule has 27 heavy (non-hydrogen) atoms. The van der Waals surface area contributed by atoms with Crippen LogP contribution in [0, 0.1) is 0 Å². The van der Waals surface area contributed by atoms with Gasteiger partial charge in [0.25, 0.3) is 0 Å². The van der Waals surface area contributed by atoms with Crippen molar-refractivity contribution < 1.29 is 4.79 Å². The summed E-state index contributed by atoms with van der Waals surface area (Å²) >= 11 is 0. The Balaban J connectivity index is 1.27. The van der Waals surface area contributed by atoms with E-state index in [-0.39, 0.29) is 5.91 Å². The van der Waals surface area contributed by atoms with E-state index < -0.39 is 0 Å². The molecule has 0 spiro atoms. The second-order valence-electron chi connectivity index (χ2n) is 7.03. The second kappa shape index (κ2) is 8.23. The molecule has 0 unspecified atom stereocenters. The van der Waals surface area contributed by atoms with Crippen LogP contribution in [0.5, 0.6) is 0 Å². The molecule has 1 N–H and O–H groups in total. The van der Waals surface area contributed by atoms with Crippen LogP contribution < -0.4 is 0 Å². The third kappa shape index (κ3) is 4.29. The van der Waals surface area contributed by atoms with Crippen molar-refractivity contribution in [3.63, 3.8) is 0 Å². The van der Waals surface area contributed by atoms with Gasteiger partial charge in [0.1, 0.15) is 0 Å². The second-order valence-corrected chi connectivity index (χ2v) is 7.03. The molecule has 2 heterocycles. The number of nitrogens with zero attached hydrogens (tertiary/aromatic N) is 2. The summed E-state index contributed by atoms with van der Waals surface area (Å²) < 4.78 is 0. The van der Waals surface area contributed by atoms with Gasteiger partial charge in [-0.25, -0.2) is 0 Å². The Morgan fingerprint density at radius 3 is 2.52 bits per heavy atom. The molecule has 0 radical (unpaired) electrons. The van der Waals surface area contributed by atoms with Crippen molar-refractivity contribution in [1.82, 2.24) is 14.8 Å². The highest BCUT2D eigenvalue weighted by Crippen LogP contribution is 2.19. The molecule has 4 rings (SSSR count). The number of carbonyl (C=O) groups is 1. The van der Waals surface area contributed by atoms with Crippen molar-refractivity contribution in [3.8, 4) is 0 Å². The summed E-state index contributed by atoms with van der Waals surface area (Å²) in [7, 11) is 0. The Hall–Kier alpha value is -2.85. The minimum Gasteiger partial charge on any atom is -0.361 e. The molecule has 2 aromatic carbocycles. The zero-order valence-corrected chi connectivity index (χ0v) is 15.5. The number of fused-ring (bicyclic) bond motifs is 1. The molecule has 4 heteroatoms. The van der Waals surface area contributed by atoms with Crippen LogP contribution >= 0.6 is 0 Å². The minimum atomic E-state index is 0.222. The van der Waals surface area contributed by atoms with Gasteiger partial charge < -0.3 is 9.88 Å². The molecule has 4 nitrogen and oxygen atoms in total. The zero-order valence-electron chi connectivity index (χ0n) is 15.5. The smallest absolute Gasteiger partial charge is 0.227 e. The molecule has 3 aromatic rings. The summed E-state index contributed by atoms with van der Waals surface area (Å²) in [6, 6.07) is 18.5. The van der Waals surface area contributed by atoms with Gasteiger partial charge in [-0.1, -0.05) is 60.7 Å². The summed E-state index contributed by atoms with van der Waals surface area (Å²) in [4.78, 5) is 20.3. The predicted octanol–water partition coefficient (Wildman–Crippen LogP) is 3.57. The van der Waals surface area contributed by atoms with E-state index in [1.807, 2.05) is 35.4 Å². The first-order valence-electron chi connectivity index (χ1n) is 9.56. The summed E-state index contributed by atoms with van der Waals surface area (Å²) in [6.07, 6.45) is 6.80. The van der Waals surface area contributed by atoms with Gasteiger partial charge in [-0.3, -0.25) is 9.69 Å². The van der Waals surface area contributed by atoms with E-state index in [9.17, 15) is 4.79 Å². The Bertz CT molecular complexity index is 921. The maximum absolute atomic E-state index is 12.7. The highest BCUT2D eigenvalue weighted by Gasteiger charge is 2.21. The number of hydrogen-bond acceptors (Lipinski definition) is 2. The molecule has 1 aromatic heterocycles. The molecular weight excluding hydrogens is 334 g/mol. The topological polar surface area (TPSA) is 39.3 Å². The molecule has 0 aliphatic carbocycles. The fraction of sp³-hybridized carbons (Fsp3) is 0.261. The van der Waals surface area contributed by atoms with Crippen molar-refractivity contribution in [2.24, 2.45) is 0 Å². The van der Waals surface area contributed by atoms with Gasteiger partial charge in [0.05, 0.1) is 6.42 Å². The maximum atomic E-state index is 12.7. The number of benzene rings is 2. The predicted molar refractivity (Wildman–Crippen MR) is 110 cm³/mol. The van der Waals surface area contributed by atoms with Gasteiger partial charge in [0.2, 0.25) is 5.91 Å². The molecular formula is C23H25N3O. The monoisotopic (exact) mass is 359 g/mol. The first-order valence-corrected chi connectivity index (χ1v) is 9.56.